The Hall–Kier alpha value is -0.890. The second-order valence-electron chi connectivity index (χ2n) is 4.11. The van der Waals surface area contributed by atoms with Crippen LogP contribution in [0.15, 0.2) is 18.5 Å². The average Bonchev–Trinajstić information content (AvgIpc) is 2.54. The molecule has 0 unspecified atom stereocenters. The molecule has 0 aromatic carbocycles. The van der Waals surface area contributed by atoms with Crippen molar-refractivity contribution in [1.82, 2.24) is 10.3 Å². The first kappa shape index (κ1) is 7.51. The summed E-state index contributed by atoms with van der Waals surface area (Å²) >= 11 is 0. The largest absolute Gasteiger partial charge is 0.307 e. The molecule has 2 nitrogen and oxygen atoms in total. The molecule has 2 aliphatic heterocycles. The van der Waals surface area contributed by atoms with E-state index in [1.54, 1.807) is 0 Å². The van der Waals surface area contributed by atoms with E-state index in [9.17, 15) is 0 Å². The van der Waals surface area contributed by atoms with Gasteiger partial charge in [0.05, 0.1) is 0 Å². The third-order valence-electron chi connectivity index (χ3n) is 3.32. The fourth-order valence-electron chi connectivity index (χ4n) is 2.60. The minimum atomic E-state index is 0.594. The number of hydrogen-bond acceptors (Lipinski definition) is 2. The SMILES string of the molecule is c1cc2c(cn1)[C@@H]1CC[C@H](CC2)N1. The molecule has 2 atom stereocenters. The molecule has 0 radical (unpaired) electrons. The lowest BCUT2D eigenvalue weighted by Gasteiger charge is -2.12. The number of fused-ring (bicyclic) bond motifs is 4. The summed E-state index contributed by atoms with van der Waals surface area (Å²) in [6.07, 6.45) is 9.13. The zero-order valence-electron chi connectivity index (χ0n) is 7.66. The molecule has 2 bridgehead atoms. The maximum Gasteiger partial charge on any atom is 0.0341 e. The van der Waals surface area contributed by atoms with Gasteiger partial charge >= 0.3 is 0 Å². The van der Waals surface area contributed by atoms with Crippen LogP contribution in [-0.2, 0) is 6.42 Å². The Kier molecular flexibility index (Phi) is 1.62. The summed E-state index contributed by atoms with van der Waals surface area (Å²) in [5.41, 5.74) is 2.96. The highest BCUT2D eigenvalue weighted by atomic mass is 15.0. The van der Waals surface area contributed by atoms with Gasteiger partial charge in [-0.1, -0.05) is 0 Å². The lowest BCUT2D eigenvalue weighted by atomic mass is 9.95. The molecule has 0 saturated carbocycles. The molecule has 2 aliphatic rings. The Labute approximate surface area is 78.4 Å². The Morgan fingerprint density at radius 2 is 2.31 bits per heavy atom. The van der Waals surface area contributed by atoms with E-state index in [1.165, 1.54) is 36.8 Å². The molecule has 68 valence electrons. The topological polar surface area (TPSA) is 24.9 Å². The predicted octanol–water partition coefficient (Wildman–Crippen LogP) is 1.82. The van der Waals surface area contributed by atoms with Crippen LogP contribution < -0.4 is 5.32 Å². The highest BCUT2D eigenvalue weighted by Gasteiger charge is 2.29. The van der Waals surface area contributed by atoms with E-state index < -0.39 is 0 Å². The number of pyridine rings is 1. The number of nitrogens with zero attached hydrogens (tertiary/aromatic N) is 1. The Morgan fingerprint density at radius 1 is 1.31 bits per heavy atom. The van der Waals surface area contributed by atoms with Crippen molar-refractivity contribution in [2.24, 2.45) is 0 Å². The zero-order chi connectivity index (χ0) is 8.67. The molecule has 1 aromatic rings. The van der Waals surface area contributed by atoms with Crippen molar-refractivity contribution in [3.63, 3.8) is 0 Å². The summed E-state index contributed by atoms with van der Waals surface area (Å²) < 4.78 is 0. The number of hydrogen-bond donors (Lipinski definition) is 1. The van der Waals surface area contributed by atoms with E-state index in [-0.39, 0.29) is 0 Å². The van der Waals surface area contributed by atoms with Crippen molar-refractivity contribution in [3.05, 3.63) is 29.6 Å². The van der Waals surface area contributed by atoms with Gasteiger partial charge in [0.15, 0.2) is 0 Å². The molecule has 0 amide bonds. The van der Waals surface area contributed by atoms with Crippen molar-refractivity contribution in [3.8, 4) is 0 Å². The highest BCUT2D eigenvalue weighted by Crippen LogP contribution is 2.33. The third kappa shape index (κ3) is 1.17. The molecule has 0 aliphatic carbocycles. The normalized spacial score (nSPS) is 31.1. The van der Waals surface area contributed by atoms with Gasteiger partial charge in [0.2, 0.25) is 0 Å². The standard InChI is InChI=1S/C11H14N2/c1-2-9-3-4-11(13-9)10-7-12-6-5-8(1)10/h5-7,9,11,13H,1-4H2/t9-,11-/m0/s1. The quantitative estimate of drug-likeness (QED) is 0.649. The molecule has 3 heterocycles. The Morgan fingerprint density at radius 3 is 3.31 bits per heavy atom. The van der Waals surface area contributed by atoms with Crippen LogP contribution >= 0.6 is 0 Å². The summed E-state index contributed by atoms with van der Waals surface area (Å²) in [6, 6.07) is 3.53. The molecular weight excluding hydrogens is 160 g/mol. The molecule has 2 heteroatoms. The maximum atomic E-state index is 4.22. The summed E-state index contributed by atoms with van der Waals surface area (Å²) in [6.45, 7) is 0. The molecule has 0 spiro atoms. The third-order valence-corrected chi connectivity index (χ3v) is 3.32. The number of rotatable bonds is 0. The average molecular weight is 174 g/mol. The van der Waals surface area contributed by atoms with Crippen molar-refractivity contribution in [1.29, 1.82) is 0 Å². The summed E-state index contributed by atoms with van der Waals surface area (Å²) in [4.78, 5) is 4.22. The predicted molar refractivity (Wildman–Crippen MR) is 51.5 cm³/mol. The number of aryl methyl sites for hydroxylation is 1. The van der Waals surface area contributed by atoms with Gasteiger partial charge in [0, 0.05) is 24.5 Å². The van der Waals surface area contributed by atoms with Gasteiger partial charge in [-0.25, -0.2) is 0 Å². The fraction of sp³-hybridized carbons (Fsp3) is 0.545. The molecule has 1 fully saturated rings. The lowest BCUT2D eigenvalue weighted by Crippen LogP contribution is -2.21. The van der Waals surface area contributed by atoms with Crippen LogP contribution in [0.4, 0.5) is 0 Å². The van der Waals surface area contributed by atoms with E-state index in [1.807, 2.05) is 12.4 Å². The molecule has 1 aromatic heterocycles. The molecule has 13 heavy (non-hydrogen) atoms. The van der Waals surface area contributed by atoms with Crippen LogP contribution in [0, 0.1) is 0 Å². The summed E-state index contributed by atoms with van der Waals surface area (Å²) in [7, 11) is 0. The summed E-state index contributed by atoms with van der Waals surface area (Å²) in [5.74, 6) is 0. The Bertz CT molecular complexity index is 322. The van der Waals surface area contributed by atoms with Gasteiger partial charge in [-0.2, -0.15) is 0 Å². The van der Waals surface area contributed by atoms with Gasteiger partial charge in [-0.3, -0.25) is 4.98 Å². The van der Waals surface area contributed by atoms with Gasteiger partial charge in [-0.05, 0) is 42.9 Å². The number of nitrogens with one attached hydrogen (secondary N) is 1. The molecular formula is C11H14N2. The van der Waals surface area contributed by atoms with E-state index in [4.69, 9.17) is 0 Å². The van der Waals surface area contributed by atoms with Crippen LogP contribution in [0.25, 0.3) is 0 Å². The Balaban J connectivity index is 2.07. The summed E-state index contributed by atoms with van der Waals surface area (Å²) in [5, 5.41) is 3.67. The van der Waals surface area contributed by atoms with Crippen molar-refractivity contribution in [2.45, 2.75) is 37.8 Å². The molecule has 1 saturated heterocycles. The van der Waals surface area contributed by atoms with Gasteiger partial charge in [0.25, 0.3) is 0 Å². The minimum absolute atomic E-state index is 0.594. The smallest absolute Gasteiger partial charge is 0.0341 e. The van der Waals surface area contributed by atoms with E-state index in [0.717, 1.165) is 6.04 Å². The van der Waals surface area contributed by atoms with Gasteiger partial charge in [0.1, 0.15) is 0 Å². The van der Waals surface area contributed by atoms with Crippen LogP contribution in [0.2, 0.25) is 0 Å². The van der Waals surface area contributed by atoms with E-state index in [0.29, 0.717) is 6.04 Å². The van der Waals surface area contributed by atoms with E-state index in [2.05, 4.69) is 16.4 Å². The van der Waals surface area contributed by atoms with Crippen molar-refractivity contribution >= 4 is 0 Å². The highest BCUT2D eigenvalue weighted by molar-refractivity contribution is 5.29. The van der Waals surface area contributed by atoms with Gasteiger partial charge < -0.3 is 5.32 Å². The number of aromatic nitrogens is 1. The molecule has 1 N–H and O–H groups in total. The van der Waals surface area contributed by atoms with Crippen LogP contribution in [0.1, 0.15) is 36.4 Å². The first-order chi connectivity index (χ1) is 6.43. The second kappa shape index (κ2) is 2.81. The zero-order valence-corrected chi connectivity index (χ0v) is 7.66. The molecule has 3 rings (SSSR count). The fourth-order valence-corrected chi connectivity index (χ4v) is 2.60. The monoisotopic (exact) mass is 174 g/mol. The van der Waals surface area contributed by atoms with E-state index >= 15 is 0 Å². The first-order valence-electron chi connectivity index (χ1n) is 5.12. The van der Waals surface area contributed by atoms with Gasteiger partial charge in [-0.15, -0.1) is 0 Å². The minimum Gasteiger partial charge on any atom is -0.307 e. The first-order valence-corrected chi connectivity index (χ1v) is 5.12. The maximum absolute atomic E-state index is 4.22. The second-order valence-corrected chi connectivity index (χ2v) is 4.11. The van der Waals surface area contributed by atoms with Crippen LogP contribution in [0.3, 0.4) is 0 Å². The van der Waals surface area contributed by atoms with Crippen molar-refractivity contribution < 1.29 is 0 Å². The van der Waals surface area contributed by atoms with Crippen molar-refractivity contribution in [2.75, 3.05) is 0 Å². The van der Waals surface area contributed by atoms with Crippen LogP contribution in [-0.4, -0.2) is 11.0 Å². The lowest BCUT2D eigenvalue weighted by molar-refractivity contribution is 0.542. The van der Waals surface area contributed by atoms with Crippen LogP contribution in [0.5, 0.6) is 0 Å².